The number of H-pyrrole nitrogens is 1. The monoisotopic (exact) mass is 300 g/mol. The predicted octanol–water partition coefficient (Wildman–Crippen LogP) is 3.31. The lowest BCUT2D eigenvalue weighted by Gasteiger charge is -2.12. The van der Waals surface area contributed by atoms with Crippen molar-refractivity contribution >= 4 is 17.9 Å². The van der Waals surface area contributed by atoms with E-state index in [0.717, 1.165) is 22.8 Å². The summed E-state index contributed by atoms with van der Waals surface area (Å²) in [7, 11) is 4.03. The van der Waals surface area contributed by atoms with Gasteiger partial charge in [0.25, 0.3) is 0 Å². The second-order valence-electron chi connectivity index (χ2n) is 4.96. The van der Waals surface area contributed by atoms with E-state index >= 15 is 0 Å². The van der Waals surface area contributed by atoms with Crippen molar-refractivity contribution < 1.29 is 4.42 Å². The number of benzene rings is 1. The number of nitrogens with zero attached hydrogens (tertiary/aromatic N) is 3. The molecule has 108 valence electrons. The Labute approximate surface area is 127 Å². The summed E-state index contributed by atoms with van der Waals surface area (Å²) in [5.41, 5.74) is 2.16. The van der Waals surface area contributed by atoms with Gasteiger partial charge in [0.15, 0.2) is 10.6 Å². The lowest BCUT2D eigenvalue weighted by Crippen LogP contribution is -2.08. The summed E-state index contributed by atoms with van der Waals surface area (Å²) in [6.07, 6.45) is 1.66. The molecule has 0 saturated heterocycles. The zero-order valence-electron chi connectivity index (χ0n) is 11.9. The predicted molar refractivity (Wildman–Crippen MR) is 85.0 cm³/mol. The number of aromatic amines is 1. The highest BCUT2D eigenvalue weighted by Gasteiger charge is 2.10. The topological polar surface area (TPSA) is 50.0 Å². The summed E-state index contributed by atoms with van der Waals surface area (Å²) in [6.45, 7) is 0.563. The first kappa shape index (κ1) is 13.6. The summed E-state index contributed by atoms with van der Waals surface area (Å²) in [5, 5.41) is 7.18. The molecule has 21 heavy (non-hydrogen) atoms. The Kier molecular flexibility index (Phi) is 3.62. The third-order valence-corrected chi connectivity index (χ3v) is 3.61. The summed E-state index contributed by atoms with van der Waals surface area (Å²) in [6, 6.07) is 12.0. The van der Waals surface area contributed by atoms with E-state index in [2.05, 4.69) is 27.2 Å². The Bertz CT molecular complexity index is 769. The zero-order valence-corrected chi connectivity index (χ0v) is 12.7. The number of rotatable bonds is 4. The van der Waals surface area contributed by atoms with Crippen LogP contribution in [0.4, 0.5) is 5.69 Å². The Balaban J connectivity index is 1.97. The number of anilines is 1. The minimum absolute atomic E-state index is 0.563. The average Bonchev–Trinajstić information content (AvgIpc) is 3.11. The molecule has 0 spiro atoms. The van der Waals surface area contributed by atoms with Crippen molar-refractivity contribution in [1.29, 1.82) is 0 Å². The number of nitrogens with one attached hydrogen (secondary N) is 1. The number of hydrogen-bond acceptors (Lipinski definition) is 4. The third-order valence-electron chi connectivity index (χ3n) is 3.29. The van der Waals surface area contributed by atoms with Gasteiger partial charge in [-0.15, -0.1) is 0 Å². The molecule has 1 aromatic carbocycles. The van der Waals surface area contributed by atoms with Gasteiger partial charge in [-0.3, -0.25) is 9.67 Å². The van der Waals surface area contributed by atoms with Crippen molar-refractivity contribution in [1.82, 2.24) is 14.8 Å². The van der Waals surface area contributed by atoms with Crippen molar-refractivity contribution in [3.8, 4) is 11.4 Å². The molecule has 0 aliphatic rings. The maximum atomic E-state index is 5.39. The van der Waals surface area contributed by atoms with E-state index < -0.39 is 0 Å². The maximum Gasteiger partial charge on any atom is 0.195 e. The molecule has 0 aliphatic heterocycles. The van der Waals surface area contributed by atoms with E-state index in [1.54, 1.807) is 6.26 Å². The molecule has 2 heterocycles. The zero-order chi connectivity index (χ0) is 14.8. The van der Waals surface area contributed by atoms with Gasteiger partial charge >= 0.3 is 0 Å². The minimum Gasteiger partial charge on any atom is -0.467 e. The van der Waals surface area contributed by atoms with Gasteiger partial charge in [0.05, 0.1) is 12.8 Å². The molecule has 3 aromatic rings. The second kappa shape index (κ2) is 5.57. The van der Waals surface area contributed by atoms with Crippen molar-refractivity contribution in [2.75, 3.05) is 19.0 Å². The first-order chi connectivity index (χ1) is 10.1. The first-order valence-electron chi connectivity index (χ1n) is 6.60. The van der Waals surface area contributed by atoms with E-state index in [1.807, 2.05) is 42.9 Å². The SMILES string of the molecule is CN(C)c1ccc(-c2n[nH]c(=S)n2Cc2ccco2)cc1. The molecule has 0 bridgehead atoms. The first-order valence-corrected chi connectivity index (χ1v) is 7.01. The van der Waals surface area contributed by atoms with Crippen LogP contribution in [0.5, 0.6) is 0 Å². The van der Waals surface area contributed by atoms with Gasteiger partial charge in [0.2, 0.25) is 0 Å². The molecule has 2 aromatic heterocycles. The molecule has 5 nitrogen and oxygen atoms in total. The van der Waals surface area contributed by atoms with Gasteiger partial charge in [-0.1, -0.05) is 0 Å². The third kappa shape index (κ3) is 2.75. The maximum absolute atomic E-state index is 5.39. The van der Waals surface area contributed by atoms with Crippen LogP contribution in [0.2, 0.25) is 0 Å². The smallest absolute Gasteiger partial charge is 0.195 e. The largest absolute Gasteiger partial charge is 0.467 e. The Morgan fingerprint density at radius 2 is 2.00 bits per heavy atom. The fraction of sp³-hybridized carbons (Fsp3) is 0.200. The van der Waals surface area contributed by atoms with Crippen LogP contribution >= 0.6 is 12.2 Å². The molecule has 3 rings (SSSR count). The Morgan fingerprint density at radius 1 is 1.24 bits per heavy atom. The van der Waals surface area contributed by atoms with Crippen LogP contribution in [0.3, 0.4) is 0 Å². The number of hydrogen-bond donors (Lipinski definition) is 1. The molecule has 0 aliphatic carbocycles. The normalized spacial score (nSPS) is 10.8. The molecule has 0 saturated carbocycles. The lowest BCUT2D eigenvalue weighted by atomic mass is 10.2. The van der Waals surface area contributed by atoms with Crippen molar-refractivity contribution in [3.05, 3.63) is 53.2 Å². The molecule has 0 amide bonds. The van der Waals surface area contributed by atoms with E-state index in [1.165, 1.54) is 0 Å². The highest BCUT2D eigenvalue weighted by atomic mass is 32.1. The van der Waals surface area contributed by atoms with Crippen LogP contribution < -0.4 is 4.90 Å². The quantitative estimate of drug-likeness (QED) is 0.751. The lowest BCUT2D eigenvalue weighted by molar-refractivity contribution is 0.493. The van der Waals surface area contributed by atoms with Gasteiger partial charge in [0.1, 0.15) is 5.76 Å². The fourth-order valence-corrected chi connectivity index (χ4v) is 2.35. The van der Waals surface area contributed by atoms with Crippen LogP contribution in [0.1, 0.15) is 5.76 Å². The van der Waals surface area contributed by atoms with Gasteiger partial charge in [-0.05, 0) is 48.6 Å². The average molecular weight is 300 g/mol. The van der Waals surface area contributed by atoms with E-state index in [-0.39, 0.29) is 0 Å². The van der Waals surface area contributed by atoms with Crippen LogP contribution in [-0.4, -0.2) is 28.9 Å². The molecular weight excluding hydrogens is 284 g/mol. The molecule has 6 heteroatoms. The van der Waals surface area contributed by atoms with Crippen molar-refractivity contribution in [2.45, 2.75) is 6.54 Å². The highest BCUT2D eigenvalue weighted by Crippen LogP contribution is 2.22. The van der Waals surface area contributed by atoms with Gasteiger partial charge in [-0.2, -0.15) is 5.10 Å². The van der Waals surface area contributed by atoms with E-state index in [4.69, 9.17) is 16.6 Å². The van der Waals surface area contributed by atoms with Crippen LogP contribution in [-0.2, 0) is 6.54 Å². The second-order valence-corrected chi connectivity index (χ2v) is 5.35. The van der Waals surface area contributed by atoms with E-state index in [9.17, 15) is 0 Å². The summed E-state index contributed by atoms with van der Waals surface area (Å²) >= 11 is 5.31. The Morgan fingerprint density at radius 3 is 2.62 bits per heavy atom. The molecule has 0 unspecified atom stereocenters. The Hall–Kier alpha value is -2.34. The molecule has 0 radical (unpaired) electrons. The summed E-state index contributed by atoms with van der Waals surface area (Å²) < 4.78 is 7.90. The van der Waals surface area contributed by atoms with E-state index in [0.29, 0.717) is 11.3 Å². The molecule has 0 atom stereocenters. The van der Waals surface area contributed by atoms with Gasteiger partial charge < -0.3 is 9.32 Å². The van der Waals surface area contributed by atoms with Crippen LogP contribution in [0, 0.1) is 4.77 Å². The molecule has 0 fully saturated rings. The van der Waals surface area contributed by atoms with Crippen LogP contribution in [0.15, 0.2) is 47.1 Å². The highest BCUT2D eigenvalue weighted by molar-refractivity contribution is 7.71. The summed E-state index contributed by atoms with van der Waals surface area (Å²) in [5.74, 6) is 1.65. The number of furan rings is 1. The van der Waals surface area contributed by atoms with Crippen LogP contribution in [0.25, 0.3) is 11.4 Å². The molecular formula is C15H16N4OS. The molecule has 1 N–H and O–H groups in total. The number of aromatic nitrogens is 3. The van der Waals surface area contributed by atoms with Crippen molar-refractivity contribution in [2.24, 2.45) is 0 Å². The van der Waals surface area contributed by atoms with Gasteiger partial charge in [-0.25, -0.2) is 0 Å². The fourth-order valence-electron chi connectivity index (χ4n) is 2.15. The summed E-state index contributed by atoms with van der Waals surface area (Å²) in [4.78, 5) is 2.06. The minimum atomic E-state index is 0.563. The van der Waals surface area contributed by atoms with Crippen molar-refractivity contribution in [3.63, 3.8) is 0 Å². The standard InChI is InChI=1S/C15H16N4OS/c1-18(2)12-7-5-11(6-8-12)14-16-17-15(21)19(14)10-13-4-3-9-20-13/h3-9H,10H2,1-2H3,(H,17,21). The van der Waals surface area contributed by atoms with Gasteiger partial charge in [0, 0.05) is 25.3 Å².